The van der Waals surface area contributed by atoms with Crippen LogP contribution in [0.2, 0.25) is 0 Å². The molecule has 4 rings (SSSR count). The first-order valence-corrected chi connectivity index (χ1v) is 8.24. The number of nitrogens with one attached hydrogen (secondary N) is 1. The molecule has 1 amide bonds. The maximum absolute atomic E-state index is 12.2. The monoisotopic (exact) mass is 401 g/mol. The van der Waals surface area contributed by atoms with Gasteiger partial charge >= 0.3 is 6.01 Å². The van der Waals surface area contributed by atoms with Gasteiger partial charge in [0, 0.05) is 10.0 Å². The van der Waals surface area contributed by atoms with Crippen molar-refractivity contribution in [1.29, 1.82) is 0 Å². The lowest BCUT2D eigenvalue weighted by molar-refractivity contribution is 0.102. The van der Waals surface area contributed by atoms with E-state index < -0.39 is 0 Å². The molecule has 0 atom stereocenters. The van der Waals surface area contributed by atoms with E-state index in [1.165, 1.54) is 0 Å². The highest BCUT2D eigenvalue weighted by atomic mass is 79.9. The zero-order valence-electron chi connectivity index (χ0n) is 12.9. The summed E-state index contributed by atoms with van der Waals surface area (Å²) in [6.45, 7) is 0.227. The highest BCUT2D eigenvalue weighted by Crippen LogP contribution is 2.33. The van der Waals surface area contributed by atoms with Crippen LogP contribution >= 0.6 is 15.9 Å². The van der Waals surface area contributed by atoms with Gasteiger partial charge in [-0.25, -0.2) is 0 Å². The summed E-state index contributed by atoms with van der Waals surface area (Å²) in [5.74, 6) is 1.49. The van der Waals surface area contributed by atoms with E-state index in [1.54, 1.807) is 18.2 Å². The quantitative estimate of drug-likeness (QED) is 0.720. The topological polar surface area (TPSA) is 86.5 Å². The van der Waals surface area contributed by atoms with Gasteiger partial charge in [0.05, 0.1) is 6.42 Å². The van der Waals surface area contributed by atoms with Crippen molar-refractivity contribution in [1.82, 2.24) is 10.2 Å². The second-order valence-corrected chi connectivity index (χ2v) is 6.25. The Hall–Kier alpha value is -2.87. The van der Waals surface area contributed by atoms with Gasteiger partial charge in [-0.2, -0.15) is 0 Å². The van der Waals surface area contributed by atoms with Crippen LogP contribution in [0, 0.1) is 0 Å². The average molecular weight is 402 g/mol. The predicted molar refractivity (Wildman–Crippen MR) is 91.8 cm³/mol. The van der Waals surface area contributed by atoms with Crippen molar-refractivity contribution in [2.45, 2.75) is 6.42 Å². The van der Waals surface area contributed by atoms with Gasteiger partial charge in [0.1, 0.15) is 0 Å². The fraction of sp³-hybridized carbons (Fsp3) is 0.118. The SMILES string of the molecule is O=C(Nc1nnc(Cc2ccc3c(c2)OCO3)o1)c1cccc(Br)c1. The van der Waals surface area contributed by atoms with Gasteiger partial charge in [0.25, 0.3) is 5.91 Å². The van der Waals surface area contributed by atoms with Crippen LogP contribution in [0.25, 0.3) is 0 Å². The number of nitrogens with zero attached hydrogens (tertiary/aromatic N) is 2. The van der Waals surface area contributed by atoms with Crippen molar-refractivity contribution in [3.05, 3.63) is 64.0 Å². The number of anilines is 1. The minimum Gasteiger partial charge on any atom is -0.454 e. The molecular formula is C17H12BrN3O4. The molecule has 0 aliphatic carbocycles. The number of ether oxygens (including phenoxy) is 2. The molecule has 126 valence electrons. The Morgan fingerprint density at radius 1 is 1.12 bits per heavy atom. The number of carbonyl (C=O) groups is 1. The molecule has 0 fully saturated rings. The molecule has 1 aromatic heterocycles. The summed E-state index contributed by atoms with van der Waals surface area (Å²) in [7, 11) is 0. The van der Waals surface area contributed by atoms with Gasteiger partial charge in [-0.15, -0.1) is 5.10 Å². The molecular weight excluding hydrogens is 390 g/mol. The molecule has 1 aliphatic heterocycles. The summed E-state index contributed by atoms with van der Waals surface area (Å²) >= 11 is 3.33. The molecule has 25 heavy (non-hydrogen) atoms. The van der Waals surface area contributed by atoms with Crippen LogP contribution in [0.15, 0.2) is 51.4 Å². The van der Waals surface area contributed by atoms with Crippen molar-refractivity contribution in [3.63, 3.8) is 0 Å². The maximum Gasteiger partial charge on any atom is 0.322 e. The summed E-state index contributed by atoms with van der Waals surface area (Å²) in [5, 5.41) is 10.4. The molecule has 0 unspecified atom stereocenters. The van der Waals surface area contributed by atoms with Crippen LogP contribution in [0.5, 0.6) is 11.5 Å². The van der Waals surface area contributed by atoms with Gasteiger partial charge in [-0.05, 0) is 35.9 Å². The molecule has 0 saturated heterocycles. The number of benzene rings is 2. The van der Waals surface area contributed by atoms with Crippen LogP contribution in [0.4, 0.5) is 6.01 Å². The number of rotatable bonds is 4. The maximum atomic E-state index is 12.2. The molecule has 2 aromatic carbocycles. The highest BCUT2D eigenvalue weighted by molar-refractivity contribution is 9.10. The van der Waals surface area contributed by atoms with Crippen molar-refractivity contribution < 1.29 is 18.7 Å². The predicted octanol–water partition coefficient (Wildman–Crippen LogP) is 3.40. The second kappa shape index (κ2) is 6.56. The lowest BCUT2D eigenvalue weighted by Gasteiger charge is -2.01. The molecule has 0 saturated carbocycles. The van der Waals surface area contributed by atoms with Crippen LogP contribution in [-0.2, 0) is 6.42 Å². The summed E-state index contributed by atoms with van der Waals surface area (Å²) in [4.78, 5) is 12.2. The van der Waals surface area contributed by atoms with Gasteiger partial charge in [-0.3, -0.25) is 10.1 Å². The Balaban J connectivity index is 1.44. The summed E-state index contributed by atoms with van der Waals surface area (Å²) in [6, 6.07) is 12.7. The van der Waals surface area contributed by atoms with E-state index >= 15 is 0 Å². The summed E-state index contributed by atoms with van der Waals surface area (Å²) < 4.78 is 16.9. The number of aromatic nitrogens is 2. The smallest absolute Gasteiger partial charge is 0.322 e. The lowest BCUT2D eigenvalue weighted by Crippen LogP contribution is -2.11. The summed E-state index contributed by atoms with van der Waals surface area (Å²) in [5.41, 5.74) is 1.43. The highest BCUT2D eigenvalue weighted by Gasteiger charge is 2.16. The molecule has 0 bridgehead atoms. The Bertz CT molecular complexity index is 941. The van der Waals surface area contributed by atoms with E-state index in [0.29, 0.717) is 23.6 Å². The number of halogens is 1. The molecule has 1 aliphatic rings. The van der Waals surface area contributed by atoms with Crippen molar-refractivity contribution in [2.75, 3.05) is 12.1 Å². The third-order valence-corrected chi connectivity index (χ3v) is 4.06. The van der Waals surface area contributed by atoms with Gasteiger partial charge in [-0.1, -0.05) is 33.2 Å². The Labute approximate surface area is 151 Å². The average Bonchev–Trinajstić information content (AvgIpc) is 3.24. The van der Waals surface area contributed by atoms with E-state index in [2.05, 4.69) is 31.4 Å². The first kappa shape index (κ1) is 15.6. The van der Waals surface area contributed by atoms with Crippen LogP contribution in [0.1, 0.15) is 21.8 Å². The standard InChI is InChI=1S/C17H12BrN3O4/c18-12-3-1-2-11(8-12)16(22)19-17-21-20-15(25-17)7-10-4-5-13-14(6-10)24-9-23-13/h1-6,8H,7,9H2,(H,19,21,22). The number of hydrogen-bond donors (Lipinski definition) is 1. The van der Waals surface area contributed by atoms with E-state index in [4.69, 9.17) is 13.9 Å². The number of fused-ring (bicyclic) bond motifs is 1. The molecule has 1 N–H and O–H groups in total. The first-order valence-electron chi connectivity index (χ1n) is 7.45. The number of carbonyl (C=O) groups excluding carboxylic acids is 1. The fourth-order valence-electron chi connectivity index (χ4n) is 2.40. The molecule has 2 heterocycles. The number of amides is 1. The minimum atomic E-state index is -0.320. The van der Waals surface area contributed by atoms with Gasteiger partial charge < -0.3 is 13.9 Å². The van der Waals surface area contributed by atoms with Crippen molar-refractivity contribution >= 4 is 27.9 Å². The van der Waals surface area contributed by atoms with Crippen molar-refractivity contribution in [3.8, 4) is 11.5 Å². The normalized spacial score (nSPS) is 12.2. The molecule has 8 heteroatoms. The fourth-order valence-corrected chi connectivity index (χ4v) is 2.80. The van der Waals surface area contributed by atoms with E-state index in [9.17, 15) is 4.79 Å². The largest absolute Gasteiger partial charge is 0.454 e. The van der Waals surface area contributed by atoms with Gasteiger partial charge in [0.2, 0.25) is 12.7 Å². The van der Waals surface area contributed by atoms with Crippen LogP contribution < -0.4 is 14.8 Å². The van der Waals surface area contributed by atoms with Crippen LogP contribution in [0.3, 0.4) is 0 Å². The Morgan fingerprint density at radius 2 is 2.00 bits per heavy atom. The zero-order chi connectivity index (χ0) is 17.2. The minimum absolute atomic E-state index is 0.0562. The van der Waals surface area contributed by atoms with E-state index in [-0.39, 0.29) is 18.7 Å². The molecule has 0 spiro atoms. The van der Waals surface area contributed by atoms with Crippen molar-refractivity contribution in [2.24, 2.45) is 0 Å². The van der Waals surface area contributed by atoms with E-state index in [0.717, 1.165) is 15.8 Å². The van der Waals surface area contributed by atoms with E-state index in [1.807, 2.05) is 24.3 Å². The Morgan fingerprint density at radius 3 is 2.88 bits per heavy atom. The third-order valence-electron chi connectivity index (χ3n) is 3.57. The molecule has 3 aromatic rings. The molecule has 0 radical (unpaired) electrons. The first-order chi connectivity index (χ1) is 12.2. The van der Waals surface area contributed by atoms with Crippen LogP contribution in [-0.4, -0.2) is 22.9 Å². The number of hydrogen-bond acceptors (Lipinski definition) is 6. The zero-order valence-corrected chi connectivity index (χ0v) is 14.4. The Kier molecular flexibility index (Phi) is 4.10. The van der Waals surface area contributed by atoms with Gasteiger partial charge in [0.15, 0.2) is 11.5 Å². The third kappa shape index (κ3) is 3.48. The second-order valence-electron chi connectivity index (χ2n) is 5.33. The lowest BCUT2D eigenvalue weighted by atomic mass is 10.1. The summed E-state index contributed by atoms with van der Waals surface area (Å²) in [6.07, 6.45) is 0.427. The molecule has 7 nitrogen and oxygen atoms in total.